The molecule has 0 aromatic heterocycles. The van der Waals surface area contributed by atoms with E-state index in [1.807, 2.05) is 37.3 Å². The highest BCUT2D eigenvalue weighted by molar-refractivity contribution is 5.89. The zero-order valence-electron chi connectivity index (χ0n) is 13.2. The van der Waals surface area contributed by atoms with Crippen LogP contribution in [0.15, 0.2) is 30.3 Å². The quantitative estimate of drug-likeness (QED) is 0.832. The van der Waals surface area contributed by atoms with Crippen molar-refractivity contribution in [3.8, 4) is 0 Å². The van der Waals surface area contributed by atoms with Crippen molar-refractivity contribution in [3.05, 3.63) is 35.9 Å². The van der Waals surface area contributed by atoms with E-state index in [0.29, 0.717) is 26.1 Å². The summed E-state index contributed by atoms with van der Waals surface area (Å²) < 4.78 is 5.09. The van der Waals surface area contributed by atoms with Crippen LogP contribution in [0.5, 0.6) is 0 Å². The van der Waals surface area contributed by atoms with Crippen LogP contribution in [0.4, 0.5) is 0 Å². The molecule has 22 heavy (non-hydrogen) atoms. The minimum absolute atomic E-state index is 0.00998. The number of carbonyl (C=O) groups is 2. The monoisotopic (exact) mass is 304 g/mol. The summed E-state index contributed by atoms with van der Waals surface area (Å²) in [5.74, 6) is -0.265. The van der Waals surface area contributed by atoms with Crippen LogP contribution in [0.3, 0.4) is 0 Å². The second-order valence-electron chi connectivity index (χ2n) is 5.73. The summed E-state index contributed by atoms with van der Waals surface area (Å²) in [5, 5.41) is 2.97. The van der Waals surface area contributed by atoms with Gasteiger partial charge in [-0.25, -0.2) is 0 Å². The number of rotatable bonds is 7. The van der Waals surface area contributed by atoms with Gasteiger partial charge in [-0.1, -0.05) is 37.3 Å². The van der Waals surface area contributed by atoms with Crippen LogP contribution in [0.2, 0.25) is 0 Å². The molecule has 1 N–H and O–H groups in total. The van der Waals surface area contributed by atoms with Crippen molar-refractivity contribution in [2.75, 3.05) is 20.3 Å². The van der Waals surface area contributed by atoms with Gasteiger partial charge in [0, 0.05) is 26.6 Å². The van der Waals surface area contributed by atoms with Gasteiger partial charge in [-0.15, -0.1) is 0 Å². The van der Waals surface area contributed by atoms with Gasteiger partial charge >= 0.3 is 0 Å². The minimum atomic E-state index is -0.262. The van der Waals surface area contributed by atoms with Crippen LogP contribution in [-0.4, -0.2) is 43.0 Å². The zero-order valence-corrected chi connectivity index (χ0v) is 13.2. The predicted molar refractivity (Wildman–Crippen MR) is 84.1 cm³/mol. The number of ether oxygens (including phenoxy) is 1. The smallest absolute Gasteiger partial charge is 0.225 e. The minimum Gasteiger partial charge on any atom is -0.383 e. The van der Waals surface area contributed by atoms with Crippen molar-refractivity contribution in [2.24, 2.45) is 5.92 Å². The van der Waals surface area contributed by atoms with Gasteiger partial charge < -0.3 is 15.0 Å². The Balaban J connectivity index is 1.89. The van der Waals surface area contributed by atoms with E-state index in [0.717, 1.165) is 12.0 Å². The Morgan fingerprint density at radius 1 is 1.41 bits per heavy atom. The topological polar surface area (TPSA) is 58.6 Å². The molecule has 0 saturated carbocycles. The van der Waals surface area contributed by atoms with Crippen LogP contribution in [-0.2, 0) is 20.9 Å². The van der Waals surface area contributed by atoms with E-state index in [-0.39, 0.29) is 23.8 Å². The van der Waals surface area contributed by atoms with E-state index in [4.69, 9.17) is 4.74 Å². The maximum absolute atomic E-state index is 12.3. The molecule has 1 aliphatic heterocycles. The Hall–Kier alpha value is -1.88. The Bertz CT molecular complexity index is 504. The Morgan fingerprint density at radius 2 is 2.14 bits per heavy atom. The average molecular weight is 304 g/mol. The number of likely N-dealkylation sites (tertiary alicyclic amines) is 1. The molecular weight excluding hydrogens is 280 g/mol. The lowest BCUT2D eigenvalue weighted by Crippen LogP contribution is -2.41. The molecule has 1 aromatic rings. The predicted octanol–water partition coefficient (Wildman–Crippen LogP) is 1.58. The molecule has 2 rings (SSSR count). The third-order valence-electron chi connectivity index (χ3n) is 4.01. The van der Waals surface area contributed by atoms with Crippen LogP contribution in [0, 0.1) is 5.92 Å². The largest absolute Gasteiger partial charge is 0.383 e. The van der Waals surface area contributed by atoms with E-state index in [9.17, 15) is 9.59 Å². The number of carbonyl (C=O) groups excluding carboxylic acids is 2. The van der Waals surface area contributed by atoms with E-state index >= 15 is 0 Å². The number of benzene rings is 1. The van der Waals surface area contributed by atoms with E-state index in [2.05, 4.69) is 5.32 Å². The van der Waals surface area contributed by atoms with Crippen molar-refractivity contribution in [1.82, 2.24) is 10.2 Å². The number of methoxy groups -OCH3 is 1. The summed E-state index contributed by atoms with van der Waals surface area (Å²) in [7, 11) is 1.62. The van der Waals surface area contributed by atoms with Gasteiger partial charge in [0.2, 0.25) is 11.8 Å². The van der Waals surface area contributed by atoms with Gasteiger partial charge in [0.25, 0.3) is 0 Å². The van der Waals surface area contributed by atoms with Gasteiger partial charge in [0.1, 0.15) is 0 Å². The fraction of sp³-hybridized carbons (Fsp3) is 0.529. The highest BCUT2D eigenvalue weighted by atomic mass is 16.5. The maximum atomic E-state index is 12.3. The molecule has 5 heteroatoms. The second kappa shape index (κ2) is 7.94. The third-order valence-corrected chi connectivity index (χ3v) is 4.01. The van der Waals surface area contributed by atoms with Crippen molar-refractivity contribution < 1.29 is 14.3 Å². The SMILES string of the molecule is CC[C@@H](COC)NC(=O)[C@H]1CC(=O)N(Cc2ccccc2)C1. The lowest BCUT2D eigenvalue weighted by Gasteiger charge is -2.19. The van der Waals surface area contributed by atoms with Crippen molar-refractivity contribution in [2.45, 2.75) is 32.4 Å². The molecule has 1 aromatic carbocycles. The Morgan fingerprint density at radius 3 is 2.77 bits per heavy atom. The first-order chi connectivity index (χ1) is 10.6. The van der Waals surface area contributed by atoms with Crippen LogP contribution < -0.4 is 5.32 Å². The Kier molecular flexibility index (Phi) is 5.95. The van der Waals surface area contributed by atoms with Gasteiger partial charge in [0.15, 0.2) is 0 Å². The van der Waals surface area contributed by atoms with E-state index < -0.39 is 0 Å². The average Bonchev–Trinajstić information content (AvgIpc) is 2.89. The van der Waals surface area contributed by atoms with E-state index in [1.165, 1.54) is 0 Å². The van der Waals surface area contributed by atoms with Crippen LogP contribution in [0.1, 0.15) is 25.3 Å². The van der Waals surface area contributed by atoms with Crippen molar-refractivity contribution in [1.29, 1.82) is 0 Å². The van der Waals surface area contributed by atoms with Gasteiger partial charge in [-0.05, 0) is 12.0 Å². The van der Waals surface area contributed by atoms with Gasteiger partial charge in [-0.2, -0.15) is 0 Å². The lowest BCUT2D eigenvalue weighted by atomic mass is 10.1. The number of nitrogens with one attached hydrogen (secondary N) is 1. The first kappa shape index (κ1) is 16.5. The molecule has 0 unspecified atom stereocenters. The van der Waals surface area contributed by atoms with Crippen LogP contribution in [0.25, 0.3) is 0 Å². The number of hydrogen-bond acceptors (Lipinski definition) is 3. The molecule has 1 aliphatic rings. The van der Waals surface area contributed by atoms with Gasteiger partial charge in [-0.3, -0.25) is 9.59 Å². The summed E-state index contributed by atoms with van der Waals surface area (Å²) in [6.45, 7) is 3.56. The number of nitrogens with zero attached hydrogens (tertiary/aromatic N) is 1. The fourth-order valence-electron chi connectivity index (χ4n) is 2.69. The summed E-state index contributed by atoms with van der Waals surface area (Å²) >= 11 is 0. The second-order valence-corrected chi connectivity index (χ2v) is 5.73. The normalized spacial score (nSPS) is 19.3. The standard InChI is InChI=1S/C17H24N2O3/c1-3-15(12-22-2)18-17(21)14-9-16(20)19(11-14)10-13-7-5-4-6-8-13/h4-8,14-15H,3,9-12H2,1-2H3,(H,18,21)/t14-,15-/m0/s1. The van der Waals surface area contributed by atoms with Crippen molar-refractivity contribution >= 4 is 11.8 Å². The summed E-state index contributed by atoms with van der Waals surface area (Å²) in [6.07, 6.45) is 1.11. The Labute approximate surface area is 131 Å². The van der Waals surface area contributed by atoms with E-state index in [1.54, 1.807) is 12.0 Å². The molecule has 1 saturated heterocycles. The highest BCUT2D eigenvalue weighted by Crippen LogP contribution is 2.20. The zero-order chi connectivity index (χ0) is 15.9. The number of hydrogen-bond donors (Lipinski definition) is 1. The lowest BCUT2D eigenvalue weighted by molar-refractivity contribution is -0.129. The molecule has 1 heterocycles. The van der Waals surface area contributed by atoms with Crippen molar-refractivity contribution in [3.63, 3.8) is 0 Å². The molecule has 0 bridgehead atoms. The molecule has 0 aliphatic carbocycles. The molecule has 2 amide bonds. The maximum Gasteiger partial charge on any atom is 0.225 e. The molecule has 2 atom stereocenters. The van der Waals surface area contributed by atoms with Crippen LogP contribution >= 0.6 is 0 Å². The molecule has 5 nitrogen and oxygen atoms in total. The highest BCUT2D eigenvalue weighted by Gasteiger charge is 2.34. The fourth-order valence-corrected chi connectivity index (χ4v) is 2.69. The molecule has 0 radical (unpaired) electrons. The first-order valence-electron chi connectivity index (χ1n) is 7.75. The molecule has 120 valence electrons. The first-order valence-corrected chi connectivity index (χ1v) is 7.75. The molecule has 0 spiro atoms. The summed E-state index contributed by atoms with van der Waals surface area (Å²) in [4.78, 5) is 26.1. The summed E-state index contributed by atoms with van der Waals surface area (Å²) in [6, 6.07) is 9.86. The third kappa shape index (κ3) is 4.31. The molecular formula is C17H24N2O3. The number of amides is 2. The molecule has 1 fully saturated rings. The summed E-state index contributed by atoms with van der Waals surface area (Å²) in [5.41, 5.74) is 1.09. The van der Waals surface area contributed by atoms with Gasteiger partial charge in [0.05, 0.1) is 18.6 Å².